The van der Waals surface area contributed by atoms with Crippen LogP contribution in [0.15, 0.2) is 18.2 Å². The van der Waals surface area contributed by atoms with E-state index in [0.717, 1.165) is 0 Å². The summed E-state index contributed by atoms with van der Waals surface area (Å²) in [5, 5.41) is 0. The van der Waals surface area contributed by atoms with E-state index in [1.165, 1.54) is 16.7 Å². The Balaban J connectivity index is 3.01. The van der Waals surface area contributed by atoms with Crippen LogP contribution in [-0.4, -0.2) is 0 Å². The van der Waals surface area contributed by atoms with Gasteiger partial charge in [-0.25, -0.2) is 0 Å². The van der Waals surface area contributed by atoms with Crippen LogP contribution in [0.1, 0.15) is 36.5 Å². The molecule has 1 rings (SSSR count). The van der Waals surface area contributed by atoms with Crippen molar-refractivity contribution in [2.45, 2.75) is 33.6 Å². The zero-order valence-electron chi connectivity index (χ0n) is 8.39. The van der Waals surface area contributed by atoms with Gasteiger partial charge in [0, 0.05) is 0 Å². The van der Waals surface area contributed by atoms with E-state index >= 15 is 0 Å². The second-order valence-corrected chi connectivity index (χ2v) is 3.48. The summed E-state index contributed by atoms with van der Waals surface area (Å²) in [6.07, 6.45) is 2.23. The van der Waals surface area contributed by atoms with Crippen molar-refractivity contribution in [3.8, 4) is 0 Å². The van der Waals surface area contributed by atoms with E-state index in [4.69, 9.17) is 0 Å². The minimum Gasteiger partial charge on any atom is -0.0617 e. The van der Waals surface area contributed by atoms with Crippen molar-refractivity contribution in [3.05, 3.63) is 41.3 Å². The predicted molar refractivity (Wildman–Crippen MR) is 54.3 cm³/mol. The van der Waals surface area contributed by atoms with Crippen LogP contribution in [0.3, 0.4) is 0 Å². The molecule has 0 bridgehead atoms. The Morgan fingerprint density at radius 1 is 1.25 bits per heavy atom. The van der Waals surface area contributed by atoms with Crippen molar-refractivity contribution in [2.75, 3.05) is 0 Å². The molecule has 1 atom stereocenters. The van der Waals surface area contributed by atoms with Crippen molar-refractivity contribution in [1.29, 1.82) is 0 Å². The van der Waals surface area contributed by atoms with Gasteiger partial charge in [-0.05, 0) is 37.3 Å². The van der Waals surface area contributed by atoms with E-state index in [0.29, 0.717) is 5.92 Å². The summed E-state index contributed by atoms with van der Waals surface area (Å²) in [4.78, 5) is 0. The Labute approximate surface area is 75.6 Å². The highest BCUT2D eigenvalue weighted by Gasteiger charge is 2.05. The van der Waals surface area contributed by atoms with Crippen LogP contribution in [0.4, 0.5) is 0 Å². The summed E-state index contributed by atoms with van der Waals surface area (Å²) in [6, 6.07) is 6.66. The maximum absolute atomic E-state index is 2.25. The number of benzene rings is 1. The van der Waals surface area contributed by atoms with Crippen LogP contribution in [0, 0.1) is 20.3 Å². The van der Waals surface area contributed by atoms with Gasteiger partial charge in [-0.2, -0.15) is 0 Å². The normalized spacial score (nSPS) is 13.0. The standard InChI is InChI=1S/C12H17/c1-5-10(3)12-7-6-9(2)8-11(12)4/h5-8,10H,1-4H3/t10-/m0/s1. The lowest BCUT2D eigenvalue weighted by molar-refractivity contribution is 0.876. The first-order valence-electron chi connectivity index (χ1n) is 4.51. The Kier molecular flexibility index (Phi) is 2.91. The molecular formula is C12H17. The van der Waals surface area contributed by atoms with Crippen LogP contribution in [0.25, 0.3) is 0 Å². The van der Waals surface area contributed by atoms with E-state index in [9.17, 15) is 0 Å². The number of hydrogen-bond donors (Lipinski definition) is 0. The molecule has 0 amide bonds. The average Bonchev–Trinajstić information content (AvgIpc) is 2.03. The fourth-order valence-corrected chi connectivity index (χ4v) is 1.52. The zero-order chi connectivity index (χ0) is 9.14. The van der Waals surface area contributed by atoms with Crippen LogP contribution in [-0.2, 0) is 0 Å². The van der Waals surface area contributed by atoms with Crippen molar-refractivity contribution in [1.82, 2.24) is 0 Å². The molecule has 12 heavy (non-hydrogen) atoms. The maximum Gasteiger partial charge on any atom is -0.0159 e. The lowest BCUT2D eigenvalue weighted by Crippen LogP contribution is -1.95. The molecule has 0 heteroatoms. The van der Waals surface area contributed by atoms with Gasteiger partial charge in [0.25, 0.3) is 0 Å². The molecule has 0 aromatic heterocycles. The Morgan fingerprint density at radius 2 is 1.92 bits per heavy atom. The molecule has 65 valence electrons. The first-order valence-corrected chi connectivity index (χ1v) is 4.51. The lowest BCUT2D eigenvalue weighted by atomic mass is 9.93. The van der Waals surface area contributed by atoms with Crippen molar-refractivity contribution in [3.63, 3.8) is 0 Å². The molecule has 0 nitrogen and oxygen atoms in total. The van der Waals surface area contributed by atoms with Crippen molar-refractivity contribution in [2.24, 2.45) is 0 Å². The number of aryl methyl sites for hydroxylation is 2. The van der Waals surface area contributed by atoms with E-state index in [2.05, 4.69) is 52.3 Å². The first kappa shape index (κ1) is 9.31. The number of hydrogen-bond acceptors (Lipinski definition) is 0. The van der Waals surface area contributed by atoms with Gasteiger partial charge in [-0.1, -0.05) is 37.6 Å². The summed E-state index contributed by atoms with van der Waals surface area (Å²) in [5.41, 5.74) is 4.20. The van der Waals surface area contributed by atoms with Gasteiger partial charge < -0.3 is 0 Å². The largest absolute Gasteiger partial charge is 0.0617 e. The van der Waals surface area contributed by atoms with Crippen LogP contribution >= 0.6 is 0 Å². The zero-order valence-corrected chi connectivity index (χ0v) is 8.39. The van der Waals surface area contributed by atoms with Crippen LogP contribution in [0.2, 0.25) is 0 Å². The van der Waals surface area contributed by atoms with E-state index in [1.54, 1.807) is 0 Å². The molecule has 0 aliphatic carbocycles. The van der Waals surface area contributed by atoms with Crippen LogP contribution in [0.5, 0.6) is 0 Å². The lowest BCUT2D eigenvalue weighted by Gasteiger charge is -2.12. The van der Waals surface area contributed by atoms with Crippen LogP contribution < -0.4 is 0 Å². The SMILES string of the molecule is C[CH][C@H](C)c1ccc(C)cc1C. The van der Waals surface area contributed by atoms with E-state index < -0.39 is 0 Å². The molecule has 0 N–H and O–H groups in total. The summed E-state index contributed by atoms with van der Waals surface area (Å²) in [5.74, 6) is 0.575. The molecule has 1 radical (unpaired) electrons. The topological polar surface area (TPSA) is 0 Å². The van der Waals surface area contributed by atoms with Gasteiger partial charge in [0.1, 0.15) is 0 Å². The summed E-state index contributed by atoms with van der Waals surface area (Å²) < 4.78 is 0. The van der Waals surface area contributed by atoms with Gasteiger partial charge in [0.15, 0.2) is 0 Å². The minimum absolute atomic E-state index is 0.575. The fourth-order valence-electron chi connectivity index (χ4n) is 1.52. The smallest absolute Gasteiger partial charge is 0.0159 e. The molecule has 0 unspecified atom stereocenters. The quantitative estimate of drug-likeness (QED) is 0.621. The van der Waals surface area contributed by atoms with Gasteiger partial charge in [0.05, 0.1) is 0 Å². The molecule has 0 saturated heterocycles. The highest BCUT2D eigenvalue weighted by molar-refractivity contribution is 5.33. The molecule has 0 fully saturated rings. The minimum atomic E-state index is 0.575. The van der Waals surface area contributed by atoms with Crippen molar-refractivity contribution < 1.29 is 0 Å². The third kappa shape index (κ3) is 1.88. The van der Waals surface area contributed by atoms with E-state index in [-0.39, 0.29) is 0 Å². The molecule has 0 aliphatic heterocycles. The van der Waals surface area contributed by atoms with Gasteiger partial charge >= 0.3 is 0 Å². The van der Waals surface area contributed by atoms with Gasteiger partial charge in [-0.3, -0.25) is 0 Å². The summed E-state index contributed by atoms with van der Waals surface area (Å²) in [7, 11) is 0. The first-order chi connectivity index (χ1) is 5.65. The molecule has 0 spiro atoms. The fraction of sp³-hybridized carbons (Fsp3) is 0.417. The highest BCUT2D eigenvalue weighted by Crippen LogP contribution is 2.22. The second-order valence-electron chi connectivity index (χ2n) is 3.48. The molecule has 1 aromatic carbocycles. The predicted octanol–water partition coefficient (Wildman–Crippen LogP) is 3.63. The van der Waals surface area contributed by atoms with Crippen molar-refractivity contribution >= 4 is 0 Å². The summed E-state index contributed by atoms with van der Waals surface area (Å²) in [6.45, 7) is 8.67. The Morgan fingerprint density at radius 3 is 2.42 bits per heavy atom. The van der Waals surface area contributed by atoms with Gasteiger partial charge in [-0.15, -0.1) is 0 Å². The third-order valence-electron chi connectivity index (χ3n) is 2.42. The highest BCUT2D eigenvalue weighted by atomic mass is 14.1. The molecule has 0 saturated carbocycles. The number of rotatable bonds is 2. The Hall–Kier alpha value is -0.780. The van der Waals surface area contributed by atoms with Gasteiger partial charge in [0.2, 0.25) is 0 Å². The molecular weight excluding hydrogens is 144 g/mol. The molecule has 0 aliphatic rings. The summed E-state index contributed by atoms with van der Waals surface area (Å²) >= 11 is 0. The molecule has 1 aromatic rings. The monoisotopic (exact) mass is 161 g/mol. The van der Waals surface area contributed by atoms with E-state index in [1.807, 2.05) is 0 Å². The maximum atomic E-state index is 2.25. The second kappa shape index (κ2) is 3.75. The Bertz CT molecular complexity index is 261. The molecule has 0 heterocycles. The third-order valence-corrected chi connectivity index (χ3v) is 2.42. The average molecular weight is 161 g/mol.